The van der Waals surface area contributed by atoms with Gasteiger partial charge >= 0.3 is 12.0 Å². The number of nitrogens with zero attached hydrogens (tertiary/aromatic N) is 1. The Kier molecular flexibility index (Phi) is 6.15. The van der Waals surface area contributed by atoms with Crippen LogP contribution >= 0.6 is 0 Å². The molecule has 156 valence electrons. The van der Waals surface area contributed by atoms with Crippen LogP contribution in [0.1, 0.15) is 25.0 Å². The Hall–Kier alpha value is -3.68. The maximum Gasteiger partial charge on any atom is 0.327 e. The molecule has 4 amide bonds. The predicted molar refractivity (Wildman–Crippen MR) is 108 cm³/mol. The molecule has 8 heteroatoms. The van der Waals surface area contributed by atoms with Gasteiger partial charge in [0.1, 0.15) is 12.1 Å². The summed E-state index contributed by atoms with van der Waals surface area (Å²) in [5, 5.41) is 5.29. The Morgan fingerprint density at radius 3 is 2.30 bits per heavy atom. The lowest BCUT2D eigenvalue weighted by Crippen LogP contribution is -2.42. The van der Waals surface area contributed by atoms with Crippen molar-refractivity contribution in [2.45, 2.75) is 32.0 Å². The van der Waals surface area contributed by atoms with Gasteiger partial charge in [0, 0.05) is 6.54 Å². The number of hydrogen-bond acceptors (Lipinski definition) is 5. The van der Waals surface area contributed by atoms with E-state index in [1.807, 2.05) is 30.3 Å². The molecule has 1 fully saturated rings. The number of rotatable bonds is 7. The summed E-state index contributed by atoms with van der Waals surface area (Å²) in [5.74, 6) is -1.88. The van der Waals surface area contributed by atoms with Gasteiger partial charge in [-0.1, -0.05) is 60.7 Å². The first-order valence-electron chi connectivity index (χ1n) is 9.52. The van der Waals surface area contributed by atoms with Gasteiger partial charge in [0.25, 0.3) is 11.8 Å². The third kappa shape index (κ3) is 4.48. The molecule has 1 aliphatic rings. The maximum atomic E-state index is 12.8. The summed E-state index contributed by atoms with van der Waals surface area (Å²) in [7, 11) is 0. The first-order chi connectivity index (χ1) is 14.3. The molecular formula is C22H23N3O5. The predicted octanol–water partition coefficient (Wildman–Crippen LogP) is 1.70. The number of amides is 4. The molecule has 0 radical (unpaired) electrons. The third-order valence-electron chi connectivity index (χ3n) is 4.90. The van der Waals surface area contributed by atoms with Gasteiger partial charge in [0.05, 0.1) is 0 Å². The van der Waals surface area contributed by atoms with Gasteiger partial charge < -0.3 is 15.4 Å². The van der Waals surface area contributed by atoms with Crippen LogP contribution < -0.4 is 10.6 Å². The molecular weight excluding hydrogens is 386 g/mol. The van der Waals surface area contributed by atoms with Gasteiger partial charge in [0.15, 0.2) is 6.10 Å². The van der Waals surface area contributed by atoms with E-state index in [1.54, 1.807) is 37.3 Å². The highest BCUT2D eigenvalue weighted by Gasteiger charge is 2.49. The van der Waals surface area contributed by atoms with Gasteiger partial charge in [0.2, 0.25) is 0 Å². The first-order valence-corrected chi connectivity index (χ1v) is 9.52. The first kappa shape index (κ1) is 21.0. The lowest BCUT2D eigenvalue weighted by atomic mass is 9.92. The lowest BCUT2D eigenvalue weighted by Gasteiger charge is -2.22. The van der Waals surface area contributed by atoms with Gasteiger partial charge in [-0.25, -0.2) is 4.79 Å². The summed E-state index contributed by atoms with van der Waals surface area (Å²) in [5.41, 5.74) is 0.244. The Bertz CT molecular complexity index is 948. The van der Waals surface area contributed by atoms with E-state index in [9.17, 15) is 19.2 Å². The second kappa shape index (κ2) is 8.77. The molecule has 2 aromatic rings. The van der Waals surface area contributed by atoms with E-state index < -0.39 is 42.0 Å². The number of ether oxygens (including phenoxy) is 1. The summed E-state index contributed by atoms with van der Waals surface area (Å²) in [6, 6.07) is 17.4. The van der Waals surface area contributed by atoms with E-state index in [-0.39, 0.29) is 0 Å². The summed E-state index contributed by atoms with van der Waals surface area (Å²) >= 11 is 0. The fourth-order valence-corrected chi connectivity index (χ4v) is 3.15. The molecule has 0 aliphatic carbocycles. The molecule has 0 saturated carbocycles. The second-order valence-electron chi connectivity index (χ2n) is 7.15. The van der Waals surface area contributed by atoms with Crippen molar-refractivity contribution in [2.24, 2.45) is 0 Å². The minimum atomic E-state index is -1.27. The molecule has 2 atom stereocenters. The Morgan fingerprint density at radius 1 is 1.07 bits per heavy atom. The molecule has 8 nitrogen and oxygen atoms in total. The van der Waals surface area contributed by atoms with Crippen LogP contribution in [-0.2, 0) is 31.2 Å². The van der Waals surface area contributed by atoms with Crippen molar-refractivity contribution < 1.29 is 23.9 Å². The normalized spacial score (nSPS) is 19.2. The van der Waals surface area contributed by atoms with Crippen LogP contribution in [0.25, 0.3) is 0 Å². The van der Waals surface area contributed by atoms with Gasteiger partial charge in [-0.15, -0.1) is 0 Å². The molecule has 30 heavy (non-hydrogen) atoms. The SMILES string of the molecule is C[C@@H](OC(=O)CN1C(=O)N[C@](C)(c2ccccc2)C1=O)C(=O)NCc1ccccc1. The Morgan fingerprint density at radius 2 is 1.67 bits per heavy atom. The van der Waals surface area contributed by atoms with Crippen LogP contribution in [0.3, 0.4) is 0 Å². The standard InChI is InChI=1S/C22H23N3O5/c1-15(19(27)23-13-16-9-5-3-6-10-16)30-18(26)14-25-20(28)22(2,24-21(25)29)17-11-7-4-8-12-17/h3-12,15H,13-14H2,1-2H3,(H,23,27)(H,24,29)/t15-,22-/m1/s1. The van der Waals surface area contributed by atoms with Crippen LogP contribution in [-0.4, -0.2) is 41.4 Å². The smallest absolute Gasteiger partial charge is 0.327 e. The van der Waals surface area contributed by atoms with Crippen molar-refractivity contribution in [3.8, 4) is 0 Å². The summed E-state index contributed by atoms with van der Waals surface area (Å²) in [6.07, 6.45) is -1.07. The number of benzene rings is 2. The molecule has 0 spiro atoms. The lowest BCUT2D eigenvalue weighted by molar-refractivity contribution is -0.156. The zero-order valence-electron chi connectivity index (χ0n) is 16.8. The Balaban J connectivity index is 1.55. The minimum Gasteiger partial charge on any atom is -0.451 e. The average molecular weight is 409 g/mol. The van der Waals surface area contributed by atoms with Crippen molar-refractivity contribution >= 4 is 23.8 Å². The van der Waals surface area contributed by atoms with Crippen molar-refractivity contribution in [3.63, 3.8) is 0 Å². The maximum absolute atomic E-state index is 12.8. The van der Waals surface area contributed by atoms with Gasteiger partial charge in [-0.05, 0) is 25.0 Å². The van der Waals surface area contributed by atoms with E-state index in [4.69, 9.17) is 4.74 Å². The molecule has 2 N–H and O–H groups in total. The van der Waals surface area contributed by atoms with E-state index in [1.165, 1.54) is 6.92 Å². The topological polar surface area (TPSA) is 105 Å². The van der Waals surface area contributed by atoms with Gasteiger partial charge in [-0.3, -0.25) is 19.3 Å². The number of nitrogens with one attached hydrogen (secondary N) is 2. The zero-order chi connectivity index (χ0) is 21.7. The molecule has 0 aromatic heterocycles. The third-order valence-corrected chi connectivity index (χ3v) is 4.90. The second-order valence-corrected chi connectivity index (χ2v) is 7.15. The largest absolute Gasteiger partial charge is 0.451 e. The van der Waals surface area contributed by atoms with Crippen molar-refractivity contribution in [2.75, 3.05) is 6.54 Å². The minimum absolute atomic E-state index is 0.296. The number of carbonyl (C=O) groups excluding carboxylic acids is 4. The fraction of sp³-hybridized carbons (Fsp3) is 0.273. The van der Waals surface area contributed by atoms with E-state index in [0.29, 0.717) is 12.1 Å². The monoisotopic (exact) mass is 409 g/mol. The molecule has 1 saturated heterocycles. The summed E-state index contributed by atoms with van der Waals surface area (Å²) < 4.78 is 5.11. The number of esters is 1. The highest BCUT2D eigenvalue weighted by molar-refractivity contribution is 6.08. The fourth-order valence-electron chi connectivity index (χ4n) is 3.15. The van der Waals surface area contributed by atoms with Crippen LogP contribution in [0, 0.1) is 0 Å². The van der Waals surface area contributed by atoms with Crippen LogP contribution in [0.4, 0.5) is 4.79 Å². The molecule has 3 rings (SSSR count). The number of imide groups is 1. The molecule has 2 aromatic carbocycles. The molecule has 0 bridgehead atoms. The van der Waals surface area contributed by atoms with Crippen molar-refractivity contribution in [1.29, 1.82) is 0 Å². The molecule has 0 unspecified atom stereocenters. The van der Waals surface area contributed by atoms with Crippen LogP contribution in [0.5, 0.6) is 0 Å². The number of hydrogen-bond donors (Lipinski definition) is 2. The average Bonchev–Trinajstić information content (AvgIpc) is 2.97. The molecule has 1 aliphatic heterocycles. The Labute approximate surface area is 174 Å². The van der Waals surface area contributed by atoms with E-state index >= 15 is 0 Å². The van der Waals surface area contributed by atoms with E-state index in [0.717, 1.165) is 10.5 Å². The summed E-state index contributed by atoms with van der Waals surface area (Å²) in [6.45, 7) is 2.72. The number of carbonyl (C=O) groups is 4. The number of urea groups is 1. The van der Waals surface area contributed by atoms with E-state index in [2.05, 4.69) is 10.6 Å². The van der Waals surface area contributed by atoms with Gasteiger partial charge in [-0.2, -0.15) is 0 Å². The molecule has 1 heterocycles. The zero-order valence-corrected chi connectivity index (χ0v) is 16.8. The van der Waals surface area contributed by atoms with Crippen LogP contribution in [0.15, 0.2) is 60.7 Å². The highest BCUT2D eigenvalue weighted by Crippen LogP contribution is 2.28. The summed E-state index contributed by atoms with van der Waals surface area (Å²) in [4.78, 5) is 50.3. The van der Waals surface area contributed by atoms with Crippen molar-refractivity contribution in [3.05, 3.63) is 71.8 Å². The highest BCUT2D eigenvalue weighted by atomic mass is 16.5. The van der Waals surface area contributed by atoms with Crippen LogP contribution in [0.2, 0.25) is 0 Å². The quantitative estimate of drug-likeness (QED) is 0.535. The van der Waals surface area contributed by atoms with Crippen molar-refractivity contribution in [1.82, 2.24) is 15.5 Å².